The molecule has 8 nitrogen and oxygen atoms in total. The van der Waals surface area contributed by atoms with Crippen molar-refractivity contribution in [2.75, 3.05) is 20.1 Å². The number of likely N-dealkylation sites (N-methyl/N-ethyl adjacent to an activating group) is 1. The van der Waals surface area contributed by atoms with Crippen molar-refractivity contribution in [2.24, 2.45) is 5.92 Å². The summed E-state index contributed by atoms with van der Waals surface area (Å²) in [7, 11) is 1.68. The summed E-state index contributed by atoms with van der Waals surface area (Å²) < 4.78 is 19.8. The number of hydrogen-bond donors (Lipinski definition) is 4. The SMILES string of the molecule is CC1CCNC(=O)[C@@H](Cc2ccc(F)cc2)NC(O)[C@@H](C)N(C)C(=O)[C@H](C2CC2)NC[C@@H](C)Oc2ccccc21. The number of hydrogen-bond acceptors (Lipinski definition) is 6. The molecule has 6 atom stereocenters. The largest absolute Gasteiger partial charge is 0.489 e. The molecular formula is C31H43FN4O4. The molecule has 0 aromatic heterocycles. The zero-order valence-electron chi connectivity index (χ0n) is 23.9. The van der Waals surface area contributed by atoms with Gasteiger partial charge in [0.15, 0.2) is 0 Å². The lowest BCUT2D eigenvalue weighted by atomic mass is 9.96. The Bertz CT molecular complexity index is 1140. The summed E-state index contributed by atoms with van der Waals surface area (Å²) in [4.78, 5) is 28.5. The number of amides is 2. The lowest BCUT2D eigenvalue weighted by Crippen LogP contribution is -2.59. The fraction of sp³-hybridized carbons (Fsp3) is 0.548. The highest BCUT2D eigenvalue weighted by Crippen LogP contribution is 2.34. The zero-order valence-corrected chi connectivity index (χ0v) is 23.9. The second-order valence-corrected chi connectivity index (χ2v) is 11.4. The number of aliphatic hydroxyl groups excluding tert-OH is 1. The number of halogens is 1. The third-order valence-corrected chi connectivity index (χ3v) is 8.10. The second-order valence-electron chi connectivity index (χ2n) is 11.4. The van der Waals surface area contributed by atoms with Gasteiger partial charge in [-0.2, -0.15) is 0 Å². The van der Waals surface area contributed by atoms with Crippen LogP contribution < -0.4 is 20.7 Å². The Labute approximate surface area is 236 Å². The number of nitrogens with zero attached hydrogens (tertiary/aromatic N) is 1. The Kier molecular flexibility index (Phi) is 10.2. The van der Waals surface area contributed by atoms with Gasteiger partial charge >= 0.3 is 0 Å². The van der Waals surface area contributed by atoms with Crippen LogP contribution in [0, 0.1) is 11.7 Å². The van der Waals surface area contributed by atoms with Crippen LogP contribution in [0.4, 0.5) is 4.39 Å². The molecule has 0 saturated heterocycles. The number of rotatable bonds is 3. The van der Waals surface area contributed by atoms with Crippen molar-refractivity contribution in [2.45, 2.75) is 82.8 Å². The number of fused-ring (bicyclic) bond motifs is 1. The van der Waals surface area contributed by atoms with Gasteiger partial charge in [0, 0.05) is 20.1 Å². The van der Waals surface area contributed by atoms with E-state index in [1.165, 1.54) is 12.1 Å². The van der Waals surface area contributed by atoms with Gasteiger partial charge in [0.1, 0.15) is 23.9 Å². The summed E-state index contributed by atoms with van der Waals surface area (Å²) in [6.07, 6.45) is 1.58. The van der Waals surface area contributed by atoms with Gasteiger partial charge in [-0.05, 0) is 80.7 Å². The number of nitrogens with one attached hydrogen (secondary N) is 3. The summed E-state index contributed by atoms with van der Waals surface area (Å²) in [6.45, 7) is 6.79. The first-order chi connectivity index (χ1) is 19.1. The van der Waals surface area contributed by atoms with Gasteiger partial charge in [-0.3, -0.25) is 14.9 Å². The molecule has 218 valence electrons. The number of benzene rings is 2. The maximum absolute atomic E-state index is 13.6. The van der Waals surface area contributed by atoms with Crippen LogP contribution in [-0.2, 0) is 16.0 Å². The quantitative estimate of drug-likeness (QED) is 0.466. The van der Waals surface area contributed by atoms with Crippen molar-refractivity contribution in [3.8, 4) is 5.75 Å². The average Bonchev–Trinajstić information content (AvgIpc) is 3.78. The molecule has 1 saturated carbocycles. The molecular weight excluding hydrogens is 511 g/mol. The van der Waals surface area contributed by atoms with Crippen LogP contribution in [0.5, 0.6) is 5.75 Å². The van der Waals surface area contributed by atoms with Crippen molar-refractivity contribution < 1.29 is 23.8 Å². The number of carbonyl (C=O) groups excluding carboxylic acids is 2. The van der Waals surface area contributed by atoms with Gasteiger partial charge in [0.05, 0.1) is 18.1 Å². The maximum Gasteiger partial charge on any atom is 0.240 e. The smallest absolute Gasteiger partial charge is 0.240 e. The number of carbonyl (C=O) groups is 2. The van der Waals surface area contributed by atoms with Crippen molar-refractivity contribution >= 4 is 11.8 Å². The summed E-state index contributed by atoms with van der Waals surface area (Å²) >= 11 is 0. The first-order valence-electron chi connectivity index (χ1n) is 14.4. The highest BCUT2D eigenvalue weighted by Gasteiger charge is 2.39. The van der Waals surface area contributed by atoms with E-state index in [-0.39, 0.29) is 48.0 Å². The molecule has 0 spiro atoms. The number of ether oxygens (including phenoxy) is 1. The number of aliphatic hydroxyl groups is 1. The van der Waals surface area contributed by atoms with Gasteiger partial charge < -0.3 is 25.4 Å². The molecule has 1 aliphatic carbocycles. The second kappa shape index (κ2) is 13.6. The molecule has 4 N–H and O–H groups in total. The first kappa shape index (κ1) is 30.0. The molecule has 40 heavy (non-hydrogen) atoms. The lowest BCUT2D eigenvalue weighted by molar-refractivity contribution is -0.137. The molecule has 0 bridgehead atoms. The Balaban J connectivity index is 1.59. The van der Waals surface area contributed by atoms with E-state index in [0.717, 1.165) is 29.7 Å². The van der Waals surface area contributed by atoms with E-state index >= 15 is 0 Å². The molecule has 1 heterocycles. The third kappa shape index (κ3) is 7.80. The topological polar surface area (TPSA) is 103 Å². The number of para-hydroxylation sites is 1. The summed E-state index contributed by atoms with van der Waals surface area (Å²) in [5.41, 5.74) is 1.82. The highest BCUT2D eigenvalue weighted by atomic mass is 19.1. The molecule has 1 aliphatic heterocycles. The first-order valence-corrected chi connectivity index (χ1v) is 14.4. The predicted molar refractivity (Wildman–Crippen MR) is 152 cm³/mol. The van der Waals surface area contributed by atoms with Crippen molar-refractivity contribution in [3.05, 3.63) is 65.5 Å². The summed E-state index contributed by atoms with van der Waals surface area (Å²) in [6, 6.07) is 12.1. The fourth-order valence-corrected chi connectivity index (χ4v) is 5.18. The van der Waals surface area contributed by atoms with Crippen molar-refractivity contribution in [3.63, 3.8) is 0 Å². The normalized spacial score (nSPS) is 29.5. The van der Waals surface area contributed by atoms with E-state index in [9.17, 15) is 19.1 Å². The minimum atomic E-state index is -1.16. The van der Waals surface area contributed by atoms with Gasteiger partial charge in [0.2, 0.25) is 11.8 Å². The molecule has 2 aromatic carbocycles. The van der Waals surface area contributed by atoms with Gasteiger partial charge in [0.25, 0.3) is 0 Å². The van der Waals surface area contributed by atoms with Gasteiger partial charge in [-0.25, -0.2) is 4.39 Å². The van der Waals surface area contributed by atoms with Gasteiger partial charge in [-0.1, -0.05) is 37.3 Å². The van der Waals surface area contributed by atoms with E-state index < -0.39 is 18.3 Å². The average molecular weight is 555 g/mol. The van der Waals surface area contributed by atoms with E-state index in [1.54, 1.807) is 31.0 Å². The summed E-state index contributed by atoms with van der Waals surface area (Å²) in [5, 5.41) is 20.6. The maximum atomic E-state index is 13.6. The van der Waals surface area contributed by atoms with E-state index in [4.69, 9.17) is 4.74 Å². The van der Waals surface area contributed by atoms with Crippen molar-refractivity contribution in [1.29, 1.82) is 0 Å². The highest BCUT2D eigenvalue weighted by molar-refractivity contribution is 5.83. The predicted octanol–water partition coefficient (Wildman–Crippen LogP) is 2.95. The van der Waals surface area contributed by atoms with E-state index in [1.807, 2.05) is 31.2 Å². The van der Waals surface area contributed by atoms with Crippen LogP contribution in [-0.4, -0.2) is 72.4 Å². The monoisotopic (exact) mass is 554 g/mol. The minimum absolute atomic E-state index is 0.0993. The summed E-state index contributed by atoms with van der Waals surface area (Å²) in [5.74, 6) is 0.446. The lowest BCUT2D eigenvalue weighted by Gasteiger charge is -2.34. The van der Waals surface area contributed by atoms with Crippen molar-refractivity contribution in [1.82, 2.24) is 20.9 Å². The Morgan fingerprint density at radius 3 is 2.42 bits per heavy atom. The molecule has 0 radical (unpaired) electrons. The third-order valence-electron chi connectivity index (χ3n) is 8.10. The molecule has 9 heteroatoms. The molecule has 4 rings (SSSR count). The molecule has 1 fully saturated rings. The Hall–Kier alpha value is -3.01. The molecule has 2 amide bonds. The molecule has 2 aliphatic rings. The van der Waals surface area contributed by atoms with E-state index in [0.29, 0.717) is 19.5 Å². The van der Waals surface area contributed by atoms with E-state index in [2.05, 4.69) is 22.9 Å². The van der Waals surface area contributed by atoms with Crippen LogP contribution in [0.15, 0.2) is 48.5 Å². The van der Waals surface area contributed by atoms with Crippen LogP contribution in [0.3, 0.4) is 0 Å². The standard InChI is InChI=1S/C31H43FN4O4/c1-19-15-16-33-30(38)26(17-22-9-13-24(32)14-10-22)35-29(37)21(3)36(4)31(39)28(23-11-12-23)34-18-20(2)40-27-8-6-5-7-25(19)27/h5-10,13-14,19-21,23,26,28-29,34-35,37H,11-12,15-18H2,1-4H3,(H,33,38)/t19?,20-,21-,26-,28+,29?/m1/s1. The van der Waals surface area contributed by atoms with Crippen LogP contribution in [0.25, 0.3) is 0 Å². The fourth-order valence-electron chi connectivity index (χ4n) is 5.18. The van der Waals surface area contributed by atoms with Crippen LogP contribution in [0.1, 0.15) is 57.1 Å². The Morgan fingerprint density at radius 2 is 1.73 bits per heavy atom. The molecule has 2 aromatic rings. The van der Waals surface area contributed by atoms with Crippen LogP contribution >= 0.6 is 0 Å². The minimum Gasteiger partial charge on any atom is -0.489 e. The van der Waals surface area contributed by atoms with Crippen LogP contribution in [0.2, 0.25) is 0 Å². The molecule has 2 unspecified atom stereocenters. The Morgan fingerprint density at radius 1 is 1.02 bits per heavy atom. The zero-order chi connectivity index (χ0) is 28.8. The van der Waals surface area contributed by atoms with Gasteiger partial charge in [-0.15, -0.1) is 0 Å².